The van der Waals surface area contributed by atoms with Gasteiger partial charge in [0.25, 0.3) is 0 Å². The molecule has 3 aliphatic rings. The van der Waals surface area contributed by atoms with Crippen molar-refractivity contribution in [2.45, 2.75) is 56.7 Å². The fraction of sp³-hybridized carbons (Fsp3) is 0.684. The van der Waals surface area contributed by atoms with Crippen LogP contribution in [0.2, 0.25) is 0 Å². The minimum absolute atomic E-state index is 0.252. The first-order chi connectivity index (χ1) is 10.9. The third-order valence-electron chi connectivity index (χ3n) is 5.72. The van der Waals surface area contributed by atoms with Crippen LogP contribution in [0.15, 0.2) is 24.3 Å². The standard InChI is InChI=1S/C19H28N2O/c1-2-9-18-15(5-1)10-12-21(17-7-3-8-17)13-19(18)22-14-16-6-4-11-20-16/h1-2,5,9,16-17,19-20H,3-4,6-8,10-14H2. The van der Waals surface area contributed by atoms with Crippen molar-refractivity contribution in [3.63, 3.8) is 0 Å². The van der Waals surface area contributed by atoms with E-state index in [-0.39, 0.29) is 6.10 Å². The summed E-state index contributed by atoms with van der Waals surface area (Å²) in [7, 11) is 0. The molecule has 2 fully saturated rings. The Morgan fingerprint density at radius 2 is 2.05 bits per heavy atom. The Kier molecular flexibility index (Phi) is 4.47. The van der Waals surface area contributed by atoms with Crippen LogP contribution >= 0.6 is 0 Å². The lowest BCUT2D eigenvalue weighted by atomic mass is 9.91. The van der Waals surface area contributed by atoms with Gasteiger partial charge in [-0.15, -0.1) is 0 Å². The summed E-state index contributed by atoms with van der Waals surface area (Å²) < 4.78 is 6.42. The van der Waals surface area contributed by atoms with Crippen molar-refractivity contribution in [3.05, 3.63) is 35.4 Å². The van der Waals surface area contributed by atoms with Gasteiger partial charge in [0.1, 0.15) is 0 Å². The molecule has 1 aromatic carbocycles. The maximum absolute atomic E-state index is 6.42. The Morgan fingerprint density at radius 1 is 1.14 bits per heavy atom. The molecule has 1 aromatic rings. The first-order valence-corrected chi connectivity index (χ1v) is 9.07. The molecule has 1 saturated heterocycles. The van der Waals surface area contributed by atoms with Crippen molar-refractivity contribution >= 4 is 0 Å². The normalized spacial score (nSPS) is 29.8. The molecular formula is C19H28N2O. The molecule has 2 unspecified atom stereocenters. The van der Waals surface area contributed by atoms with Gasteiger partial charge in [-0.2, -0.15) is 0 Å². The Labute approximate surface area is 134 Å². The summed E-state index contributed by atoms with van der Waals surface area (Å²) in [6.45, 7) is 4.29. The van der Waals surface area contributed by atoms with Crippen molar-refractivity contribution in [2.75, 3.05) is 26.2 Å². The van der Waals surface area contributed by atoms with Gasteiger partial charge in [0.2, 0.25) is 0 Å². The maximum Gasteiger partial charge on any atom is 0.0955 e. The van der Waals surface area contributed by atoms with E-state index in [0.717, 1.165) is 25.7 Å². The third kappa shape index (κ3) is 3.08. The van der Waals surface area contributed by atoms with E-state index in [2.05, 4.69) is 34.5 Å². The summed E-state index contributed by atoms with van der Waals surface area (Å²) in [5, 5.41) is 3.55. The van der Waals surface area contributed by atoms with Gasteiger partial charge in [-0.05, 0) is 49.8 Å². The first-order valence-electron chi connectivity index (χ1n) is 9.07. The molecule has 0 bridgehead atoms. The summed E-state index contributed by atoms with van der Waals surface area (Å²) in [5.41, 5.74) is 2.93. The minimum atomic E-state index is 0.252. The molecule has 3 nitrogen and oxygen atoms in total. The monoisotopic (exact) mass is 300 g/mol. The van der Waals surface area contributed by atoms with E-state index in [0.29, 0.717) is 6.04 Å². The predicted molar refractivity (Wildman–Crippen MR) is 89.1 cm³/mol. The van der Waals surface area contributed by atoms with Crippen LogP contribution in [0.25, 0.3) is 0 Å². The lowest BCUT2D eigenvalue weighted by Crippen LogP contribution is -2.43. The number of hydrogen-bond acceptors (Lipinski definition) is 3. The number of ether oxygens (including phenoxy) is 1. The van der Waals surface area contributed by atoms with E-state index in [9.17, 15) is 0 Å². The quantitative estimate of drug-likeness (QED) is 0.925. The maximum atomic E-state index is 6.42. The van der Waals surface area contributed by atoms with Gasteiger partial charge in [0, 0.05) is 25.2 Å². The number of nitrogens with zero attached hydrogens (tertiary/aromatic N) is 1. The number of fused-ring (bicyclic) bond motifs is 1. The molecule has 3 heteroatoms. The van der Waals surface area contributed by atoms with Crippen LogP contribution in [0.1, 0.15) is 49.3 Å². The number of nitrogens with one attached hydrogen (secondary N) is 1. The number of rotatable bonds is 4. The van der Waals surface area contributed by atoms with Gasteiger partial charge in [0.05, 0.1) is 12.7 Å². The van der Waals surface area contributed by atoms with Gasteiger partial charge in [-0.25, -0.2) is 0 Å². The van der Waals surface area contributed by atoms with Crippen molar-refractivity contribution in [1.29, 1.82) is 0 Å². The molecule has 2 heterocycles. The van der Waals surface area contributed by atoms with Gasteiger partial charge >= 0.3 is 0 Å². The van der Waals surface area contributed by atoms with Crippen molar-refractivity contribution in [1.82, 2.24) is 10.2 Å². The van der Waals surface area contributed by atoms with Crippen molar-refractivity contribution in [3.8, 4) is 0 Å². The van der Waals surface area contributed by atoms with E-state index >= 15 is 0 Å². The minimum Gasteiger partial charge on any atom is -0.371 e. The zero-order valence-corrected chi connectivity index (χ0v) is 13.5. The van der Waals surface area contributed by atoms with Crippen LogP contribution < -0.4 is 5.32 Å². The topological polar surface area (TPSA) is 24.5 Å². The van der Waals surface area contributed by atoms with Gasteiger partial charge in [0.15, 0.2) is 0 Å². The second-order valence-electron chi connectivity index (χ2n) is 7.14. The smallest absolute Gasteiger partial charge is 0.0955 e. The summed E-state index contributed by atoms with van der Waals surface area (Å²) in [5.74, 6) is 0. The fourth-order valence-electron chi connectivity index (χ4n) is 4.10. The average molecular weight is 300 g/mol. The van der Waals surface area contributed by atoms with E-state index in [1.807, 2.05) is 0 Å². The Balaban J connectivity index is 1.48. The van der Waals surface area contributed by atoms with Crippen molar-refractivity contribution < 1.29 is 4.74 Å². The molecule has 2 aliphatic heterocycles. The lowest BCUT2D eigenvalue weighted by molar-refractivity contribution is -0.0000200. The Bertz CT molecular complexity index is 494. The van der Waals surface area contributed by atoms with Gasteiger partial charge in [-0.1, -0.05) is 30.7 Å². The Morgan fingerprint density at radius 3 is 2.82 bits per heavy atom. The molecule has 120 valence electrons. The lowest BCUT2D eigenvalue weighted by Gasteiger charge is -2.38. The van der Waals surface area contributed by atoms with Crippen LogP contribution in [-0.2, 0) is 11.2 Å². The zero-order chi connectivity index (χ0) is 14.8. The van der Waals surface area contributed by atoms with Gasteiger partial charge < -0.3 is 10.1 Å². The van der Waals surface area contributed by atoms with Crippen LogP contribution in [-0.4, -0.2) is 43.2 Å². The largest absolute Gasteiger partial charge is 0.371 e. The second kappa shape index (κ2) is 6.69. The number of benzene rings is 1. The Hall–Kier alpha value is -0.900. The van der Waals surface area contributed by atoms with Gasteiger partial charge in [-0.3, -0.25) is 4.90 Å². The van der Waals surface area contributed by atoms with E-state index in [4.69, 9.17) is 4.74 Å². The van der Waals surface area contributed by atoms with Crippen LogP contribution in [0.3, 0.4) is 0 Å². The molecule has 22 heavy (non-hydrogen) atoms. The summed E-state index contributed by atoms with van der Waals surface area (Å²) in [4.78, 5) is 2.69. The highest BCUT2D eigenvalue weighted by atomic mass is 16.5. The molecule has 1 N–H and O–H groups in total. The molecule has 0 aromatic heterocycles. The van der Waals surface area contributed by atoms with Crippen LogP contribution in [0.5, 0.6) is 0 Å². The highest BCUT2D eigenvalue weighted by Crippen LogP contribution is 2.32. The summed E-state index contributed by atoms with van der Waals surface area (Å²) in [6.07, 6.45) is 8.16. The van der Waals surface area contributed by atoms with Crippen LogP contribution in [0.4, 0.5) is 0 Å². The fourth-order valence-corrected chi connectivity index (χ4v) is 4.10. The highest BCUT2D eigenvalue weighted by Gasteiger charge is 2.31. The molecule has 4 rings (SSSR count). The molecule has 1 aliphatic carbocycles. The second-order valence-corrected chi connectivity index (χ2v) is 7.14. The summed E-state index contributed by atoms with van der Waals surface area (Å²) >= 11 is 0. The molecule has 0 spiro atoms. The number of hydrogen-bond donors (Lipinski definition) is 1. The van der Waals surface area contributed by atoms with E-state index < -0.39 is 0 Å². The predicted octanol–water partition coefficient (Wildman–Crippen LogP) is 2.91. The molecular weight excluding hydrogens is 272 g/mol. The third-order valence-corrected chi connectivity index (χ3v) is 5.72. The molecule has 0 radical (unpaired) electrons. The van der Waals surface area contributed by atoms with Crippen LogP contribution in [0, 0.1) is 0 Å². The van der Waals surface area contributed by atoms with Crippen molar-refractivity contribution in [2.24, 2.45) is 0 Å². The average Bonchev–Trinajstić information content (AvgIpc) is 2.94. The van der Waals surface area contributed by atoms with E-state index in [1.54, 1.807) is 0 Å². The summed E-state index contributed by atoms with van der Waals surface area (Å²) in [6, 6.07) is 10.3. The van der Waals surface area contributed by atoms with E-state index in [1.165, 1.54) is 56.2 Å². The first kappa shape index (κ1) is 14.7. The highest BCUT2D eigenvalue weighted by molar-refractivity contribution is 5.31. The zero-order valence-electron chi connectivity index (χ0n) is 13.5. The SMILES string of the molecule is c1ccc2c(c1)CCN(C1CCC1)CC2OCC1CCCN1. The molecule has 0 amide bonds. The molecule has 1 saturated carbocycles. The molecule has 2 atom stereocenters.